The average molecular weight is 204 g/mol. The molecule has 6 nitrogen and oxygen atoms in total. The molecule has 14 heavy (non-hydrogen) atoms. The maximum atomic E-state index is 10.5. The summed E-state index contributed by atoms with van der Waals surface area (Å²) in [5, 5.41) is 25.4. The molecule has 0 bridgehead atoms. The molecule has 0 aliphatic heterocycles. The van der Waals surface area contributed by atoms with Gasteiger partial charge in [-0.3, -0.25) is 0 Å². The SMILES string of the molecule is CC(=CC(OCCO)C(=O)O)C(=O)O. The molecule has 0 aliphatic rings. The molecule has 0 amide bonds. The van der Waals surface area contributed by atoms with Crippen molar-refractivity contribution in [1.82, 2.24) is 0 Å². The summed E-state index contributed by atoms with van der Waals surface area (Å²) in [6, 6.07) is 0. The van der Waals surface area contributed by atoms with E-state index in [0.29, 0.717) is 0 Å². The fourth-order valence-electron chi connectivity index (χ4n) is 0.669. The highest BCUT2D eigenvalue weighted by Gasteiger charge is 2.16. The first-order chi connectivity index (χ1) is 6.49. The topological polar surface area (TPSA) is 104 Å². The second-order valence-electron chi connectivity index (χ2n) is 2.51. The zero-order valence-corrected chi connectivity index (χ0v) is 7.64. The quantitative estimate of drug-likeness (QED) is 0.503. The van der Waals surface area contributed by atoms with Gasteiger partial charge in [0.15, 0.2) is 6.10 Å². The molecule has 0 aliphatic carbocycles. The van der Waals surface area contributed by atoms with Crippen molar-refractivity contribution in [3.05, 3.63) is 11.6 Å². The van der Waals surface area contributed by atoms with Gasteiger partial charge in [-0.1, -0.05) is 0 Å². The van der Waals surface area contributed by atoms with Gasteiger partial charge in [-0.25, -0.2) is 9.59 Å². The van der Waals surface area contributed by atoms with Gasteiger partial charge in [0, 0.05) is 5.57 Å². The third-order valence-corrected chi connectivity index (χ3v) is 1.37. The zero-order valence-electron chi connectivity index (χ0n) is 7.64. The number of hydrogen-bond acceptors (Lipinski definition) is 4. The number of aliphatic carboxylic acids is 2. The Bertz CT molecular complexity index is 244. The van der Waals surface area contributed by atoms with Gasteiger partial charge in [0.2, 0.25) is 0 Å². The van der Waals surface area contributed by atoms with Crippen LogP contribution in [0.2, 0.25) is 0 Å². The first-order valence-corrected chi connectivity index (χ1v) is 3.86. The summed E-state index contributed by atoms with van der Waals surface area (Å²) in [6.07, 6.45) is -0.362. The molecule has 0 rings (SSSR count). The van der Waals surface area contributed by atoms with Gasteiger partial charge < -0.3 is 20.1 Å². The molecule has 0 radical (unpaired) electrons. The summed E-state index contributed by atoms with van der Waals surface area (Å²) < 4.78 is 4.68. The highest BCUT2D eigenvalue weighted by atomic mass is 16.5. The predicted octanol–water partition coefficient (Wildman–Crippen LogP) is -0.521. The Kier molecular flexibility index (Phi) is 5.50. The zero-order chi connectivity index (χ0) is 11.1. The number of hydrogen-bond donors (Lipinski definition) is 3. The minimum Gasteiger partial charge on any atom is -0.479 e. The summed E-state index contributed by atoms with van der Waals surface area (Å²) in [5.41, 5.74) is -0.115. The van der Waals surface area contributed by atoms with E-state index in [1.165, 1.54) is 6.92 Å². The van der Waals surface area contributed by atoms with Crippen LogP contribution in [-0.4, -0.2) is 46.6 Å². The van der Waals surface area contributed by atoms with Gasteiger partial charge in [0.25, 0.3) is 0 Å². The Hall–Kier alpha value is -1.40. The lowest BCUT2D eigenvalue weighted by molar-refractivity contribution is -0.147. The van der Waals surface area contributed by atoms with Crippen LogP contribution in [-0.2, 0) is 14.3 Å². The summed E-state index contributed by atoms with van der Waals surface area (Å²) in [4.78, 5) is 20.9. The number of rotatable bonds is 6. The molecule has 0 fully saturated rings. The minimum atomic E-state index is -1.33. The van der Waals surface area contributed by atoms with Crippen LogP contribution in [0.1, 0.15) is 6.92 Å². The van der Waals surface area contributed by atoms with Crippen molar-refractivity contribution in [3.63, 3.8) is 0 Å². The van der Waals surface area contributed by atoms with Crippen LogP contribution >= 0.6 is 0 Å². The molecule has 0 aromatic heterocycles. The van der Waals surface area contributed by atoms with E-state index in [0.717, 1.165) is 6.08 Å². The summed E-state index contributed by atoms with van der Waals surface area (Å²) in [7, 11) is 0. The average Bonchev–Trinajstić information content (AvgIpc) is 2.10. The van der Waals surface area contributed by atoms with Gasteiger partial charge in [-0.15, -0.1) is 0 Å². The lowest BCUT2D eigenvalue weighted by Crippen LogP contribution is -2.24. The third kappa shape index (κ3) is 4.58. The number of carboxylic acid groups (broad SMARTS) is 2. The van der Waals surface area contributed by atoms with Gasteiger partial charge in [-0.05, 0) is 13.0 Å². The number of ether oxygens (including phenoxy) is 1. The summed E-state index contributed by atoms with van der Waals surface area (Å²) in [6.45, 7) is 0.796. The molecule has 0 spiro atoms. The highest BCUT2D eigenvalue weighted by Crippen LogP contribution is 2.01. The lowest BCUT2D eigenvalue weighted by Gasteiger charge is -2.08. The molecule has 0 heterocycles. The van der Waals surface area contributed by atoms with Crippen molar-refractivity contribution in [2.45, 2.75) is 13.0 Å². The molecule has 6 heteroatoms. The molecule has 3 N–H and O–H groups in total. The van der Waals surface area contributed by atoms with Gasteiger partial charge >= 0.3 is 11.9 Å². The maximum Gasteiger partial charge on any atom is 0.336 e. The van der Waals surface area contributed by atoms with E-state index < -0.39 is 18.0 Å². The normalized spacial score (nSPS) is 13.7. The van der Waals surface area contributed by atoms with Crippen LogP contribution < -0.4 is 0 Å². The number of carbonyl (C=O) groups is 2. The molecule has 80 valence electrons. The Morgan fingerprint density at radius 2 is 2.00 bits per heavy atom. The Morgan fingerprint density at radius 1 is 1.43 bits per heavy atom. The first-order valence-electron chi connectivity index (χ1n) is 3.86. The van der Waals surface area contributed by atoms with Crippen LogP contribution in [0.4, 0.5) is 0 Å². The highest BCUT2D eigenvalue weighted by molar-refractivity contribution is 5.87. The smallest absolute Gasteiger partial charge is 0.336 e. The number of carboxylic acids is 2. The third-order valence-electron chi connectivity index (χ3n) is 1.37. The monoisotopic (exact) mass is 204 g/mol. The van der Waals surface area contributed by atoms with Gasteiger partial charge in [-0.2, -0.15) is 0 Å². The molecule has 0 saturated heterocycles. The fourth-order valence-corrected chi connectivity index (χ4v) is 0.669. The van der Waals surface area contributed by atoms with E-state index in [1.807, 2.05) is 0 Å². The summed E-state index contributed by atoms with van der Waals surface area (Å²) >= 11 is 0. The molecule has 0 aromatic rings. The second-order valence-corrected chi connectivity index (χ2v) is 2.51. The largest absolute Gasteiger partial charge is 0.479 e. The molecule has 1 atom stereocenters. The Balaban J connectivity index is 4.43. The van der Waals surface area contributed by atoms with Crippen LogP contribution in [0.25, 0.3) is 0 Å². The van der Waals surface area contributed by atoms with Crippen molar-refractivity contribution >= 4 is 11.9 Å². The van der Waals surface area contributed by atoms with Crippen LogP contribution in [0.3, 0.4) is 0 Å². The van der Waals surface area contributed by atoms with Crippen molar-refractivity contribution in [1.29, 1.82) is 0 Å². The molecule has 0 aromatic carbocycles. The number of aliphatic hydroxyl groups is 1. The standard InChI is InChI=1S/C8H12O6/c1-5(7(10)11)4-6(8(12)13)14-3-2-9/h4,6,9H,2-3H2,1H3,(H,10,11)(H,12,13). The molecule has 0 saturated carbocycles. The van der Waals surface area contributed by atoms with Gasteiger partial charge in [0.1, 0.15) is 0 Å². The van der Waals surface area contributed by atoms with E-state index in [2.05, 4.69) is 4.74 Å². The fraction of sp³-hybridized carbons (Fsp3) is 0.500. The summed E-state index contributed by atoms with van der Waals surface area (Å²) in [5.74, 6) is -2.50. The van der Waals surface area contributed by atoms with E-state index in [9.17, 15) is 9.59 Å². The second kappa shape index (κ2) is 6.11. The van der Waals surface area contributed by atoms with Crippen LogP contribution in [0.5, 0.6) is 0 Å². The maximum absolute atomic E-state index is 10.5. The van der Waals surface area contributed by atoms with E-state index in [4.69, 9.17) is 15.3 Å². The van der Waals surface area contributed by atoms with Crippen LogP contribution in [0, 0.1) is 0 Å². The molecular formula is C8H12O6. The molecular weight excluding hydrogens is 192 g/mol. The van der Waals surface area contributed by atoms with Crippen molar-refractivity contribution in [3.8, 4) is 0 Å². The molecule has 1 unspecified atom stereocenters. The van der Waals surface area contributed by atoms with E-state index in [1.54, 1.807) is 0 Å². The predicted molar refractivity (Wildman–Crippen MR) is 45.9 cm³/mol. The van der Waals surface area contributed by atoms with Crippen molar-refractivity contribution < 1.29 is 29.6 Å². The van der Waals surface area contributed by atoms with Crippen molar-refractivity contribution in [2.75, 3.05) is 13.2 Å². The van der Waals surface area contributed by atoms with Gasteiger partial charge in [0.05, 0.1) is 13.2 Å². The van der Waals surface area contributed by atoms with Crippen LogP contribution in [0.15, 0.2) is 11.6 Å². The van der Waals surface area contributed by atoms with Crippen molar-refractivity contribution in [2.24, 2.45) is 0 Å². The van der Waals surface area contributed by atoms with E-state index >= 15 is 0 Å². The Morgan fingerprint density at radius 3 is 2.36 bits per heavy atom. The lowest BCUT2D eigenvalue weighted by atomic mass is 10.2. The Labute approximate surface area is 80.4 Å². The van der Waals surface area contributed by atoms with E-state index in [-0.39, 0.29) is 18.8 Å². The first kappa shape index (κ1) is 12.6. The minimum absolute atomic E-state index is 0.115. The number of aliphatic hydroxyl groups excluding tert-OH is 1.